The lowest BCUT2D eigenvalue weighted by atomic mass is 10.1. The predicted molar refractivity (Wildman–Crippen MR) is 82.9 cm³/mol. The molecule has 2 rings (SSSR count). The monoisotopic (exact) mass is 306 g/mol. The Labute approximate surface area is 128 Å². The second-order valence-electron chi connectivity index (χ2n) is 5.09. The van der Waals surface area contributed by atoms with Gasteiger partial charge in [-0.25, -0.2) is 9.37 Å². The lowest BCUT2D eigenvalue weighted by Crippen LogP contribution is -2.27. The Bertz CT molecular complexity index is 622. The third kappa shape index (κ3) is 4.36. The quantitative estimate of drug-likeness (QED) is 0.915. The Morgan fingerprint density at radius 3 is 2.57 bits per heavy atom. The van der Waals surface area contributed by atoms with Gasteiger partial charge >= 0.3 is 0 Å². The van der Waals surface area contributed by atoms with Gasteiger partial charge in [0.05, 0.1) is 16.7 Å². The van der Waals surface area contributed by atoms with Gasteiger partial charge < -0.3 is 5.32 Å². The molecule has 3 nitrogen and oxygen atoms in total. The first kappa shape index (κ1) is 15.6. The summed E-state index contributed by atoms with van der Waals surface area (Å²) < 4.78 is 12.8. The maximum Gasteiger partial charge on any atom is 0.220 e. The summed E-state index contributed by atoms with van der Waals surface area (Å²) in [5.74, 6) is -0.275. The topological polar surface area (TPSA) is 42.0 Å². The molecule has 0 bridgehead atoms. The zero-order valence-corrected chi connectivity index (χ0v) is 13.3. The SMILES string of the molecule is Cc1nc(C(C)NC(=O)CCc2ccc(F)cc2)c(C)s1. The summed E-state index contributed by atoms with van der Waals surface area (Å²) in [7, 11) is 0. The van der Waals surface area contributed by atoms with Crippen LogP contribution in [-0.4, -0.2) is 10.9 Å². The molecule has 0 aliphatic carbocycles. The van der Waals surface area contributed by atoms with E-state index in [-0.39, 0.29) is 17.8 Å². The van der Waals surface area contributed by atoms with Crippen LogP contribution in [-0.2, 0) is 11.2 Å². The molecule has 1 atom stereocenters. The van der Waals surface area contributed by atoms with Gasteiger partial charge in [0.1, 0.15) is 5.82 Å². The Kier molecular flexibility index (Phi) is 5.07. The second-order valence-corrected chi connectivity index (χ2v) is 6.50. The van der Waals surface area contributed by atoms with E-state index in [4.69, 9.17) is 0 Å². The molecule has 21 heavy (non-hydrogen) atoms. The van der Waals surface area contributed by atoms with Crippen LogP contribution in [0.1, 0.15) is 40.5 Å². The van der Waals surface area contributed by atoms with Crippen molar-refractivity contribution in [2.24, 2.45) is 0 Å². The van der Waals surface area contributed by atoms with Crippen LogP contribution >= 0.6 is 11.3 Å². The van der Waals surface area contributed by atoms with E-state index in [1.54, 1.807) is 23.5 Å². The summed E-state index contributed by atoms with van der Waals surface area (Å²) in [5, 5.41) is 3.97. The van der Waals surface area contributed by atoms with Crippen molar-refractivity contribution >= 4 is 17.2 Å². The van der Waals surface area contributed by atoms with Gasteiger partial charge in [0, 0.05) is 11.3 Å². The lowest BCUT2D eigenvalue weighted by molar-refractivity contribution is -0.121. The standard InChI is InChI=1S/C16H19FN2OS/c1-10(16-11(2)21-12(3)19-16)18-15(20)9-6-13-4-7-14(17)8-5-13/h4-5,7-8,10H,6,9H2,1-3H3,(H,18,20). The number of rotatable bonds is 5. The minimum atomic E-state index is -0.258. The van der Waals surface area contributed by atoms with E-state index in [1.165, 1.54) is 12.1 Å². The predicted octanol–water partition coefficient (Wildman–Crippen LogP) is 3.71. The van der Waals surface area contributed by atoms with Crippen molar-refractivity contribution < 1.29 is 9.18 Å². The highest BCUT2D eigenvalue weighted by molar-refractivity contribution is 7.11. The van der Waals surface area contributed by atoms with Crippen LogP contribution in [0.25, 0.3) is 0 Å². The van der Waals surface area contributed by atoms with E-state index in [9.17, 15) is 9.18 Å². The van der Waals surface area contributed by atoms with Crippen molar-refractivity contribution in [1.82, 2.24) is 10.3 Å². The zero-order chi connectivity index (χ0) is 15.4. The Hall–Kier alpha value is -1.75. The Morgan fingerprint density at radius 1 is 1.33 bits per heavy atom. The molecular formula is C16H19FN2OS. The van der Waals surface area contributed by atoms with Gasteiger partial charge in [0.2, 0.25) is 5.91 Å². The van der Waals surface area contributed by atoms with E-state index in [1.807, 2.05) is 20.8 Å². The third-order valence-electron chi connectivity index (χ3n) is 3.28. The number of amides is 1. The van der Waals surface area contributed by atoms with Crippen LogP contribution in [0.15, 0.2) is 24.3 Å². The average Bonchev–Trinajstić information content (AvgIpc) is 2.77. The highest BCUT2D eigenvalue weighted by atomic mass is 32.1. The molecule has 2 aromatic rings. The normalized spacial score (nSPS) is 12.2. The summed E-state index contributed by atoms with van der Waals surface area (Å²) in [6.07, 6.45) is 0.992. The molecule has 1 unspecified atom stereocenters. The number of aromatic nitrogens is 1. The molecule has 0 spiro atoms. The molecule has 1 amide bonds. The molecular weight excluding hydrogens is 287 g/mol. The fourth-order valence-electron chi connectivity index (χ4n) is 2.24. The van der Waals surface area contributed by atoms with Gasteiger partial charge in [0.15, 0.2) is 0 Å². The van der Waals surface area contributed by atoms with E-state index < -0.39 is 0 Å². The zero-order valence-electron chi connectivity index (χ0n) is 12.4. The molecule has 112 valence electrons. The number of carbonyl (C=O) groups is 1. The molecule has 0 aliphatic heterocycles. The summed E-state index contributed by atoms with van der Waals surface area (Å²) in [6, 6.07) is 6.16. The number of hydrogen-bond acceptors (Lipinski definition) is 3. The number of aryl methyl sites for hydroxylation is 3. The molecule has 0 saturated heterocycles. The minimum Gasteiger partial charge on any atom is -0.348 e. The summed E-state index contributed by atoms with van der Waals surface area (Å²) in [4.78, 5) is 17.6. The summed E-state index contributed by atoms with van der Waals surface area (Å²) >= 11 is 1.64. The van der Waals surface area contributed by atoms with Crippen molar-refractivity contribution in [3.05, 3.63) is 51.2 Å². The number of halogens is 1. The van der Waals surface area contributed by atoms with Crippen LogP contribution in [0.3, 0.4) is 0 Å². The first-order valence-electron chi connectivity index (χ1n) is 6.93. The number of nitrogens with one attached hydrogen (secondary N) is 1. The number of nitrogens with zero attached hydrogens (tertiary/aromatic N) is 1. The van der Waals surface area contributed by atoms with Crippen molar-refractivity contribution in [2.75, 3.05) is 0 Å². The maximum atomic E-state index is 12.8. The summed E-state index contributed by atoms with van der Waals surface area (Å²) in [6.45, 7) is 5.92. The molecule has 0 aliphatic rings. The number of benzene rings is 1. The maximum absolute atomic E-state index is 12.8. The molecule has 1 aromatic carbocycles. The third-order valence-corrected chi connectivity index (χ3v) is 4.18. The Balaban J connectivity index is 1.87. The fourth-order valence-corrected chi connectivity index (χ4v) is 3.15. The van der Waals surface area contributed by atoms with E-state index in [2.05, 4.69) is 10.3 Å². The van der Waals surface area contributed by atoms with Crippen molar-refractivity contribution in [3.8, 4) is 0 Å². The Morgan fingerprint density at radius 2 is 2.00 bits per heavy atom. The highest BCUT2D eigenvalue weighted by Crippen LogP contribution is 2.22. The van der Waals surface area contributed by atoms with Crippen molar-refractivity contribution in [3.63, 3.8) is 0 Å². The van der Waals surface area contributed by atoms with Crippen molar-refractivity contribution in [2.45, 2.75) is 39.7 Å². The molecule has 1 N–H and O–H groups in total. The molecule has 1 heterocycles. The van der Waals surface area contributed by atoms with Gasteiger partial charge in [-0.05, 0) is 44.9 Å². The van der Waals surface area contributed by atoms with Gasteiger partial charge in [-0.1, -0.05) is 12.1 Å². The van der Waals surface area contributed by atoms with Crippen LogP contribution in [0, 0.1) is 19.7 Å². The number of carbonyl (C=O) groups excluding carboxylic acids is 1. The van der Waals surface area contributed by atoms with Crippen molar-refractivity contribution in [1.29, 1.82) is 0 Å². The van der Waals surface area contributed by atoms with Gasteiger partial charge in [0.25, 0.3) is 0 Å². The van der Waals surface area contributed by atoms with Crippen LogP contribution in [0.2, 0.25) is 0 Å². The number of thiazole rings is 1. The van der Waals surface area contributed by atoms with Crippen LogP contribution in [0.5, 0.6) is 0 Å². The van der Waals surface area contributed by atoms with E-state index >= 15 is 0 Å². The first-order valence-corrected chi connectivity index (χ1v) is 7.75. The smallest absolute Gasteiger partial charge is 0.220 e. The lowest BCUT2D eigenvalue weighted by Gasteiger charge is -2.12. The molecule has 0 saturated carbocycles. The minimum absolute atomic E-state index is 0.0168. The molecule has 0 fully saturated rings. The van der Waals surface area contributed by atoms with Gasteiger partial charge in [-0.3, -0.25) is 4.79 Å². The van der Waals surface area contributed by atoms with E-state index in [0.29, 0.717) is 12.8 Å². The van der Waals surface area contributed by atoms with Gasteiger partial charge in [-0.15, -0.1) is 11.3 Å². The molecule has 5 heteroatoms. The fraction of sp³-hybridized carbons (Fsp3) is 0.375. The average molecular weight is 306 g/mol. The molecule has 0 radical (unpaired) electrons. The highest BCUT2D eigenvalue weighted by Gasteiger charge is 2.15. The van der Waals surface area contributed by atoms with Gasteiger partial charge in [-0.2, -0.15) is 0 Å². The molecule has 1 aromatic heterocycles. The van der Waals surface area contributed by atoms with E-state index in [0.717, 1.165) is 21.1 Å². The first-order chi connectivity index (χ1) is 9.95. The van der Waals surface area contributed by atoms with Crippen LogP contribution < -0.4 is 5.32 Å². The second kappa shape index (κ2) is 6.80. The summed E-state index contributed by atoms with van der Waals surface area (Å²) in [5.41, 5.74) is 1.90. The number of hydrogen-bond donors (Lipinski definition) is 1. The van der Waals surface area contributed by atoms with Crippen LogP contribution in [0.4, 0.5) is 4.39 Å². The largest absolute Gasteiger partial charge is 0.348 e.